The average Bonchev–Trinajstić information content (AvgIpc) is 2.13. The molecule has 0 aromatic carbocycles. The van der Waals surface area contributed by atoms with Gasteiger partial charge in [-0.25, -0.2) is 0 Å². The highest BCUT2D eigenvalue weighted by atomic mass is 16.5. The van der Waals surface area contributed by atoms with Gasteiger partial charge in [-0.3, -0.25) is 4.79 Å². The molecule has 3 heteroatoms. The minimum atomic E-state index is -0.298. The molecular weight excluding hydrogens is 190 g/mol. The van der Waals surface area contributed by atoms with E-state index in [4.69, 9.17) is 11.2 Å². The molecule has 0 fully saturated rings. The first kappa shape index (κ1) is 14.0. The van der Waals surface area contributed by atoms with Crippen molar-refractivity contribution in [3.63, 3.8) is 0 Å². The van der Waals surface area contributed by atoms with Crippen LogP contribution in [0.2, 0.25) is 0 Å². The molecule has 0 aliphatic heterocycles. The highest BCUT2D eigenvalue weighted by Crippen LogP contribution is 2.05. The smallest absolute Gasteiger partial charge is 0.246 e. The molecule has 86 valence electrons. The van der Waals surface area contributed by atoms with Gasteiger partial charge in [-0.2, -0.15) is 0 Å². The number of hydrogen-bond donors (Lipinski definition) is 1. The second-order valence-corrected chi connectivity index (χ2v) is 4.48. The molecule has 0 aliphatic carbocycles. The standard InChI is InChI=1S/C12H21NO2/c1-6-8-10(7-2)13-11(14)9-15-12(3,4)5/h2,10H,6,8-9H2,1,3-5H3,(H,13,14). The Balaban J connectivity index is 3.88. The molecular formula is C12H21NO2. The van der Waals surface area contributed by atoms with Crippen molar-refractivity contribution in [2.75, 3.05) is 6.61 Å². The van der Waals surface area contributed by atoms with Gasteiger partial charge in [0.25, 0.3) is 0 Å². The molecule has 0 aliphatic rings. The number of carbonyl (C=O) groups excluding carboxylic acids is 1. The van der Waals surface area contributed by atoms with Gasteiger partial charge in [0.15, 0.2) is 0 Å². The topological polar surface area (TPSA) is 38.3 Å². The van der Waals surface area contributed by atoms with Gasteiger partial charge in [0.2, 0.25) is 5.91 Å². The number of ether oxygens (including phenoxy) is 1. The number of carbonyl (C=O) groups is 1. The zero-order valence-electron chi connectivity index (χ0n) is 10.1. The lowest BCUT2D eigenvalue weighted by molar-refractivity contribution is -0.130. The summed E-state index contributed by atoms with van der Waals surface area (Å²) in [6.07, 6.45) is 7.04. The summed E-state index contributed by atoms with van der Waals surface area (Å²) >= 11 is 0. The maximum Gasteiger partial charge on any atom is 0.246 e. The second-order valence-electron chi connectivity index (χ2n) is 4.48. The van der Waals surface area contributed by atoms with Gasteiger partial charge in [0.1, 0.15) is 6.61 Å². The SMILES string of the molecule is C#CC(CCC)NC(=O)COC(C)(C)C. The monoisotopic (exact) mass is 211 g/mol. The van der Waals surface area contributed by atoms with E-state index in [0.717, 1.165) is 12.8 Å². The van der Waals surface area contributed by atoms with Crippen molar-refractivity contribution in [1.82, 2.24) is 5.32 Å². The molecule has 15 heavy (non-hydrogen) atoms. The van der Waals surface area contributed by atoms with E-state index in [-0.39, 0.29) is 24.2 Å². The molecule has 0 rings (SSSR count). The van der Waals surface area contributed by atoms with Crippen LogP contribution in [0.25, 0.3) is 0 Å². The highest BCUT2D eigenvalue weighted by Gasteiger charge is 2.14. The summed E-state index contributed by atoms with van der Waals surface area (Å²) in [5.41, 5.74) is -0.298. The third-order valence-electron chi connectivity index (χ3n) is 1.75. The van der Waals surface area contributed by atoms with Gasteiger partial charge < -0.3 is 10.1 Å². The van der Waals surface area contributed by atoms with E-state index >= 15 is 0 Å². The van der Waals surface area contributed by atoms with Crippen LogP contribution >= 0.6 is 0 Å². The third-order valence-corrected chi connectivity index (χ3v) is 1.75. The zero-order chi connectivity index (χ0) is 11.9. The molecule has 0 heterocycles. The Kier molecular flexibility index (Phi) is 6.03. The Bertz CT molecular complexity index is 235. The van der Waals surface area contributed by atoms with Crippen LogP contribution in [0.1, 0.15) is 40.5 Å². The van der Waals surface area contributed by atoms with Gasteiger partial charge in [-0.05, 0) is 27.2 Å². The van der Waals surface area contributed by atoms with Crippen molar-refractivity contribution in [3.05, 3.63) is 0 Å². The van der Waals surface area contributed by atoms with Crippen molar-refractivity contribution >= 4 is 5.91 Å². The van der Waals surface area contributed by atoms with Crippen LogP contribution in [0.4, 0.5) is 0 Å². The van der Waals surface area contributed by atoms with Crippen molar-refractivity contribution in [2.45, 2.75) is 52.2 Å². The molecule has 1 N–H and O–H groups in total. The van der Waals surface area contributed by atoms with Crippen molar-refractivity contribution < 1.29 is 9.53 Å². The molecule has 1 atom stereocenters. The van der Waals surface area contributed by atoms with Gasteiger partial charge in [-0.1, -0.05) is 19.3 Å². The van der Waals surface area contributed by atoms with Crippen LogP contribution in [0.15, 0.2) is 0 Å². The second kappa shape index (κ2) is 6.47. The molecule has 0 bridgehead atoms. The number of amides is 1. The zero-order valence-corrected chi connectivity index (χ0v) is 10.1. The van der Waals surface area contributed by atoms with Crippen LogP contribution < -0.4 is 5.32 Å². The summed E-state index contributed by atoms with van der Waals surface area (Å²) in [7, 11) is 0. The van der Waals surface area contributed by atoms with Crippen molar-refractivity contribution in [1.29, 1.82) is 0 Å². The summed E-state index contributed by atoms with van der Waals surface area (Å²) in [5.74, 6) is 2.39. The maximum atomic E-state index is 11.4. The average molecular weight is 211 g/mol. The summed E-state index contributed by atoms with van der Waals surface area (Å²) < 4.78 is 5.33. The van der Waals surface area contributed by atoms with E-state index in [2.05, 4.69) is 11.2 Å². The fourth-order valence-electron chi connectivity index (χ4n) is 1.00. The van der Waals surface area contributed by atoms with Crippen LogP contribution in [-0.4, -0.2) is 24.2 Å². The number of terminal acetylenes is 1. The van der Waals surface area contributed by atoms with Crippen LogP contribution in [-0.2, 0) is 9.53 Å². The molecule has 0 saturated heterocycles. The Hall–Kier alpha value is -1.01. The Labute approximate surface area is 92.6 Å². The molecule has 0 aromatic rings. The highest BCUT2D eigenvalue weighted by molar-refractivity contribution is 5.77. The maximum absolute atomic E-state index is 11.4. The molecule has 3 nitrogen and oxygen atoms in total. The first-order valence-electron chi connectivity index (χ1n) is 5.28. The Morgan fingerprint density at radius 2 is 2.13 bits per heavy atom. The fraction of sp³-hybridized carbons (Fsp3) is 0.750. The minimum absolute atomic E-state index is 0.0609. The van der Waals surface area contributed by atoms with Crippen molar-refractivity contribution in [3.8, 4) is 12.3 Å². The first-order valence-corrected chi connectivity index (χ1v) is 5.28. The lowest BCUT2D eigenvalue weighted by Crippen LogP contribution is -2.38. The van der Waals surface area contributed by atoms with Crippen LogP contribution in [0.3, 0.4) is 0 Å². The van der Waals surface area contributed by atoms with E-state index in [9.17, 15) is 4.79 Å². The third kappa shape index (κ3) is 8.02. The molecule has 0 saturated carbocycles. The van der Waals surface area contributed by atoms with Crippen LogP contribution in [0.5, 0.6) is 0 Å². The first-order chi connectivity index (χ1) is 6.89. The molecule has 0 spiro atoms. The lowest BCUT2D eigenvalue weighted by Gasteiger charge is -2.20. The predicted octanol–water partition coefficient (Wildman–Crippen LogP) is 1.72. The van der Waals surface area contributed by atoms with E-state index < -0.39 is 0 Å². The molecule has 1 amide bonds. The number of hydrogen-bond acceptors (Lipinski definition) is 2. The lowest BCUT2D eigenvalue weighted by atomic mass is 10.2. The van der Waals surface area contributed by atoms with E-state index in [0.29, 0.717) is 0 Å². The Morgan fingerprint density at radius 3 is 2.53 bits per heavy atom. The quantitative estimate of drug-likeness (QED) is 0.703. The van der Waals surface area contributed by atoms with E-state index in [1.165, 1.54) is 0 Å². The minimum Gasteiger partial charge on any atom is -0.366 e. The van der Waals surface area contributed by atoms with Gasteiger partial charge in [0, 0.05) is 0 Å². The van der Waals surface area contributed by atoms with Gasteiger partial charge in [0.05, 0.1) is 11.6 Å². The number of nitrogens with one attached hydrogen (secondary N) is 1. The summed E-state index contributed by atoms with van der Waals surface area (Å²) in [6, 6.07) is -0.175. The molecule has 0 aromatic heterocycles. The summed E-state index contributed by atoms with van der Waals surface area (Å²) in [4.78, 5) is 11.4. The number of rotatable bonds is 5. The summed E-state index contributed by atoms with van der Waals surface area (Å²) in [6.45, 7) is 7.81. The van der Waals surface area contributed by atoms with E-state index in [1.807, 2.05) is 27.7 Å². The largest absolute Gasteiger partial charge is 0.366 e. The Morgan fingerprint density at radius 1 is 1.53 bits per heavy atom. The van der Waals surface area contributed by atoms with Crippen LogP contribution in [0, 0.1) is 12.3 Å². The summed E-state index contributed by atoms with van der Waals surface area (Å²) in [5, 5.41) is 2.74. The van der Waals surface area contributed by atoms with Gasteiger partial charge in [-0.15, -0.1) is 6.42 Å². The fourth-order valence-corrected chi connectivity index (χ4v) is 1.00. The van der Waals surface area contributed by atoms with Gasteiger partial charge >= 0.3 is 0 Å². The predicted molar refractivity (Wildman–Crippen MR) is 61.4 cm³/mol. The molecule has 0 radical (unpaired) electrons. The van der Waals surface area contributed by atoms with Crippen molar-refractivity contribution in [2.24, 2.45) is 0 Å². The molecule has 1 unspecified atom stereocenters. The normalized spacial score (nSPS) is 13.0. The van der Waals surface area contributed by atoms with E-state index in [1.54, 1.807) is 0 Å².